The van der Waals surface area contributed by atoms with Crippen molar-refractivity contribution >= 4 is 35.4 Å². The highest BCUT2D eigenvalue weighted by Crippen LogP contribution is 2.53. The lowest BCUT2D eigenvalue weighted by Crippen LogP contribution is -2.60. The highest BCUT2D eigenvalue weighted by atomic mass is 32.2. The molecule has 0 radical (unpaired) electrons. The van der Waals surface area contributed by atoms with Gasteiger partial charge in [-0.05, 0) is 19.1 Å². The second-order valence-electron chi connectivity index (χ2n) is 4.27. The summed E-state index contributed by atoms with van der Waals surface area (Å²) >= 11 is 2.85. The number of hydrogen-bond acceptors (Lipinski definition) is 5. The molecule has 0 saturated carbocycles. The minimum atomic E-state index is -1.07. The molecule has 0 aliphatic carbocycles. The number of carbonyl (C=O) groups is 2. The number of carboxylic acid groups (broad SMARTS) is 1. The largest absolute Gasteiger partial charge is 0.477 e. The normalized spacial score (nSPS) is 28.2. The van der Waals surface area contributed by atoms with Crippen molar-refractivity contribution in [2.24, 2.45) is 5.92 Å². The fourth-order valence-electron chi connectivity index (χ4n) is 2.05. The number of carbonyl (C=O) groups excluding carboxylic acids is 1. The van der Waals surface area contributed by atoms with Gasteiger partial charge >= 0.3 is 5.97 Å². The smallest absolute Gasteiger partial charge is 0.354 e. The quantitative estimate of drug-likeness (QED) is 0.743. The van der Waals surface area contributed by atoms with Crippen LogP contribution in [0.4, 0.5) is 0 Å². The summed E-state index contributed by atoms with van der Waals surface area (Å²) in [5, 5.41) is 18.5. The van der Waals surface area contributed by atoms with Crippen LogP contribution >= 0.6 is 23.5 Å². The van der Waals surface area contributed by atoms with Gasteiger partial charge in [-0.1, -0.05) is 18.7 Å². The van der Waals surface area contributed by atoms with Gasteiger partial charge in [0.1, 0.15) is 5.37 Å². The van der Waals surface area contributed by atoms with Crippen molar-refractivity contribution in [2.45, 2.75) is 31.7 Å². The second kappa shape index (κ2) is 5.14. The molecular formula is C11H15NO4S2. The number of hydrogen-bond donors (Lipinski definition) is 2. The van der Waals surface area contributed by atoms with Crippen molar-refractivity contribution < 1.29 is 19.8 Å². The molecule has 0 spiro atoms. The minimum absolute atomic E-state index is 0.0883. The number of aliphatic hydroxyl groups is 1. The number of aliphatic carboxylic acids is 1. The van der Waals surface area contributed by atoms with Crippen molar-refractivity contribution in [1.29, 1.82) is 0 Å². The Hall–Kier alpha value is -0.660. The molecule has 3 atom stereocenters. The van der Waals surface area contributed by atoms with E-state index in [0.29, 0.717) is 4.24 Å². The zero-order chi connectivity index (χ0) is 13.4. The van der Waals surface area contributed by atoms with E-state index in [4.69, 9.17) is 0 Å². The van der Waals surface area contributed by atoms with Crippen LogP contribution in [-0.4, -0.2) is 44.2 Å². The van der Waals surface area contributed by atoms with Gasteiger partial charge in [-0.25, -0.2) is 4.79 Å². The van der Waals surface area contributed by atoms with E-state index in [1.807, 2.05) is 6.92 Å². The van der Waals surface area contributed by atoms with Gasteiger partial charge in [0.2, 0.25) is 5.91 Å². The molecule has 0 aromatic heterocycles. The van der Waals surface area contributed by atoms with Crippen LogP contribution < -0.4 is 0 Å². The van der Waals surface area contributed by atoms with Crippen molar-refractivity contribution in [2.75, 3.05) is 5.75 Å². The maximum Gasteiger partial charge on any atom is 0.354 e. The molecule has 18 heavy (non-hydrogen) atoms. The van der Waals surface area contributed by atoms with Crippen molar-refractivity contribution in [3.63, 3.8) is 0 Å². The number of carboxylic acids is 1. The van der Waals surface area contributed by atoms with E-state index in [1.54, 1.807) is 6.92 Å². The van der Waals surface area contributed by atoms with Gasteiger partial charge < -0.3 is 10.2 Å². The van der Waals surface area contributed by atoms with E-state index in [9.17, 15) is 19.8 Å². The Morgan fingerprint density at radius 1 is 1.61 bits per heavy atom. The zero-order valence-electron chi connectivity index (χ0n) is 10.1. The molecule has 5 nitrogen and oxygen atoms in total. The van der Waals surface area contributed by atoms with Crippen LogP contribution in [0.15, 0.2) is 9.93 Å². The van der Waals surface area contributed by atoms with Crippen LogP contribution in [-0.2, 0) is 9.59 Å². The summed E-state index contributed by atoms with van der Waals surface area (Å²) in [6.07, 6.45) is 0.205. The minimum Gasteiger partial charge on any atom is -0.477 e. The number of fused-ring (bicyclic) bond motifs is 1. The van der Waals surface area contributed by atoms with E-state index in [1.165, 1.54) is 28.4 Å². The van der Waals surface area contributed by atoms with Gasteiger partial charge in [0.25, 0.3) is 0 Å². The molecular weight excluding hydrogens is 274 g/mol. The predicted octanol–water partition coefficient (Wildman–Crippen LogP) is 1.30. The van der Waals surface area contributed by atoms with Crippen molar-refractivity contribution in [3.8, 4) is 0 Å². The Balaban J connectivity index is 2.21. The third-order valence-electron chi connectivity index (χ3n) is 2.91. The molecule has 2 N–H and O–H groups in total. The van der Waals surface area contributed by atoms with Crippen molar-refractivity contribution in [3.05, 3.63) is 9.93 Å². The molecule has 0 aromatic carbocycles. The Labute approximate surface area is 114 Å². The monoisotopic (exact) mass is 289 g/mol. The Morgan fingerprint density at radius 2 is 2.28 bits per heavy atom. The summed E-state index contributed by atoms with van der Waals surface area (Å²) in [4.78, 5) is 24.4. The molecule has 2 aliphatic rings. The highest BCUT2D eigenvalue weighted by Gasteiger charge is 2.57. The predicted molar refractivity (Wildman–Crippen MR) is 70.8 cm³/mol. The summed E-state index contributed by atoms with van der Waals surface area (Å²) in [5.41, 5.74) is 0.0883. The molecule has 0 bridgehead atoms. The van der Waals surface area contributed by atoms with Gasteiger partial charge in [0, 0.05) is 0 Å². The molecule has 1 fully saturated rings. The first-order chi connectivity index (χ1) is 8.49. The lowest BCUT2D eigenvalue weighted by Gasteiger charge is -2.43. The summed E-state index contributed by atoms with van der Waals surface area (Å²) in [7, 11) is 0. The first-order valence-corrected chi connectivity index (χ1v) is 7.63. The van der Waals surface area contributed by atoms with Crippen LogP contribution in [0.1, 0.15) is 20.3 Å². The van der Waals surface area contributed by atoms with Gasteiger partial charge in [0.15, 0.2) is 5.70 Å². The molecule has 2 rings (SSSR count). The highest BCUT2D eigenvalue weighted by molar-refractivity contribution is 8.22. The van der Waals surface area contributed by atoms with E-state index in [2.05, 4.69) is 0 Å². The van der Waals surface area contributed by atoms with E-state index >= 15 is 0 Å². The Morgan fingerprint density at radius 3 is 2.78 bits per heavy atom. The molecule has 7 heteroatoms. The molecule has 1 amide bonds. The summed E-state index contributed by atoms with van der Waals surface area (Å²) in [6, 6.07) is 0. The molecule has 2 heterocycles. The molecule has 100 valence electrons. The van der Waals surface area contributed by atoms with Gasteiger partial charge in [-0.2, -0.15) is 0 Å². The number of β-lactam (4-membered cyclic amide) rings is 1. The van der Waals surface area contributed by atoms with Crippen LogP contribution in [0.3, 0.4) is 0 Å². The SMILES string of the molecule is CCCSC1=C(C(=O)O)N2C(=O)[C@@H](C(C)O)[C@@H]2S1. The average molecular weight is 289 g/mol. The van der Waals surface area contributed by atoms with Crippen LogP contribution in [0.5, 0.6) is 0 Å². The van der Waals surface area contributed by atoms with E-state index < -0.39 is 18.0 Å². The Bertz CT molecular complexity index is 421. The van der Waals surface area contributed by atoms with E-state index in [0.717, 1.165) is 12.2 Å². The second-order valence-corrected chi connectivity index (χ2v) is 6.76. The number of nitrogens with zero attached hydrogens (tertiary/aromatic N) is 1. The molecule has 0 aromatic rings. The lowest BCUT2D eigenvalue weighted by molar-refractivity contribution is -0.156. The number of amides is 1. The third kappa shape index (κ3) is 2.04. The maximum atomic E-state index is 11.9. The standard InChI is InChI=1S/C11H15NO4S2/c1-3-4-17-11-7(10(15)16)12-8(14)6(5(2)13)9(12)18-11/h5-6,9,13H,3-4H2,1-2H3,(H,15,16)/t5?,6-,9+/m1/s1. The van der Waals surface area contributed by atoms with Crippen LogP contribution in [0, 0.1) is 5.92 Å². The Kier molecular flexibility index (Phi) is 3.93. The zero-order valence-corrected chi connectivity index (χ0v) is 11.8. The topological polar surface area (TPSA) is 77.8 Å². The fourth-order valence-corrected chi connectivity index (χ4v) is 4.90. The molecule has 1 unspecified atom stereocenters. The first-order valence-electron chi connectivity index (χ1n) is 5.77. The number of rotatable bonds is 5. The van der Waals surface area contributed by atoms with Crippen LogP contribution in [0.25, 0.3) is 0 Å². The van der Waals surface area contributed by atoms with Gasteiger partial charge in [-0.15, -0.1) is 11.8 Å². The summed E-state index contributed by atoms with van der Waals surface area (Å²) in [5.74, 6) is -1.01. The number of thioether (sulfide) groups is 2. The summed E-state index contributed by atoms with van der Waals surface area (Å²) in [6.45, 7) is 3.59. The van der Waals surface area contributed by atoms with Gasteiger partial charge in [-0.3, -0.25) is 9.69 Å². The fraction of sp³-hybridized carbons (Fsp3) is 0.636. The first kappa shape index (κ1) is 13.8. The maximum absolute atomic E-state index is 11.9. The lowest BCUT2D eigenvalue weighted by atomic mass is 9.92. The molecule has 1 saturated heterocycles. The van der Waals surface area contributed by atoms with Gasteiger partial charge in [0.05, 0.1) is 16.3 Å². The summed E-state index contributed by atoms with van der Waals surface area (Å²) < 4.78 is 0.686. The molecule has 2 aliphatic heterocycles. The van der Waals surface area contributed by atoms with E-state index in [-0.39, 0.29) is 17.0 Å². The number of aliphatic hydroxyl groups excluding tert-OH is 1. The third-order valence-corrected chi connectivity index (χ3v) is 5.77. The van der Waals surface area contributed by atoms with Crippen LogP contribution in [0.2, 0.25) is 0 Å². The average Bonchev–Trinajstić information content (AvgIpc) is 2.60. The van der Waals surface area contributed by atoms with Crippen molar-refractivity contribution in [1.82, 2.24) is 4.90 Å².